The molecule has 0 aliphatic heterocycles. The second-order valence-electron chi connectivity index (χ2n) is 6.01. The molecule has 11 nitrogen and oxygen atoms in total. The molecule has 2 heterocycles. The molecular formula is C17H16N6O5. The van der Waals surface area contributed by atoms with Crippen LogP contribution in [0.25, 0.3) is 11.2 Å². The summed E-state index contributed by atoms with van der Waals surface area (Å²) in [6, 6.07) is 5.75. The Hall–Kier alpha value is -4.02. The third-order valence-electron chi connectivity index (χ3n) is 4.15. The summed E-state index contributed by atoms with van der Waals surface area (Å²) >= 11 is 0. The molecule has 3 aromatic rings. The van der Waals surface area contributed by atoms with Crippen molar-refractivity contribution in [2.75, 3.05) is 0 Å². The lowest BCUT2D eigenvalue weighted by atomic mass is 10.1. The van der Waals surface area contributed by atoms with E-state index in [1.54, 1.807) is 0 Å². The normalized spacial score (nSPS) is 11.2. The zero-order valence-electron chi connectivity index (χ0n) is 15.0. The number of carbonyl (C=O) groups excluding carboxylic acids is 2. The van der Waals surface area contributed by atoms with Crippen molar-refractivity contribution in [1.82, 2.24) is 19.5 Å². The maximum atomic E-state index is 12.3. The molecule has 28 heavy (non-hydrogen) atoms. The van der Waals surface area contributed by atoms with E-state index in [9.17, 15) is 24.3 Å². The molecule has 144 valence electrons. The number of aryl methyl sites for hydroxylation is 1. The van der Waals surface area contributed by atoms with Crippen LogP contribution in [0.2, 0.25) is 0 Å². The standard InChI is InChI=1S/C17H16N6O5/c1-21-14-13(15(25)22(2)17(21)28)23(9-18-14)8-12(24)20-19-7-10-3-5-11(6-4-10)16(26)27/h3-7,9H,8H2,1-2H3,(H2,20,24,26,27)/b19-7+. The number of benzene rings is 1. The molecule has 11 heteroatoms. The highest BCUT2D eigenvalue weighted by atomic mass is 16.4. The Labute approximate surface area is 157 Å². The van der Waals surface area contributed by atoms with Gasteiger partial charge in [-0.3, -0.25) is 18.7 Å². The quantitative estimate of drug-likeness (QED) is 0.281. The summed E-state index contributed by atoms with van der Waals surface area (Å²) in [6.07, 6.45) is 2.77. The molecule has 2 N–H and O–H groups in total. The van der Waals surface area contributed by atoms with Gasteiger partial charge >= 0.3 is 11.2 Å². The van der Waals surface area contributed by atoms with Crippen LogP contribution < -0.4 is 26.3 Å². The molecule has 3 rings (SSSR count). The Balaban J connectivity index is 1.74. The molecule has 0 bridgehead atoms. The molecule has 0 fully saturated rings. The fourth-order valence-electron chi connectivity index (χ4n) is 2.65. The second kappa shape index (κ2) is 7.31. The fraction of sp³-hybridized carbons (Fsp3) is 0.176. The van der Waals surface area contributed by atoms with Gasteiger partial charge in [0.25, 0.3) is 17.1 Å². The number of carboxylic acid groups (broad SMARTS) is 1. The second-order valence-corrected chi connectivity index (χ2v) is 6.01. The van der Waals surface area contributed by atoms with Gasteiger partial charge in [-0.2, -0.15) is 5.10 Å². The SMILES string of the molecule is Cn1c(=O)c2c([nH]c[n+]2CC(=O)N/N=C/c2ccc(C(=O)[O-])cc2)n(C)c1=O. The minimum absolute atomic E-state index is 0.0351. The van der Waals surface area contributed by atoms with Gasteiger partial charge in [0.05, 0.1) is 12.2 Å². The first kappa shape index (κ1) is 18.8. The van der Waals surface area contributed by atoms with E-state index in [0.717, 1.165) is 4.57 Å². The van der Waals surface area contributed by atoms with Crippen LogP contribution in [0, 0.1) is 0 Å². The number of fused-ring (bicyclic) bond motifs is 1. The number of nitrogens with one attached hydrogen (secondary N) is 2. The monoisotopic (exact) mass is 384 g/mol. The van der Waals surface area contributed by atoms with Gasteiger partial charge in [-0.1, -0.05) is 24.3 Å². The molecule has 2 aromatic heterocycles. The summed E-state index contributed by atoms with van der Waals surface area (Å²) in [5, 5.41) is 14.5. The lowest BCUT2D eigenvalue weighted by Gasteiger charge is -2.02. The van der Waals surface area contributed by atoms with Crippen LogP contribution in [-0.4, -0.2) is 32.2 Å². The summed E-state index contributed by atoms with van der Waals surface area (Å²) in [6.45, 7) is -0.200. The Morgan fingerprint density at radius 2 is 1.89 bits per heavy atom. The van der Waals surface area contributed by atoms with E-state index in [2.05, 4.69) is 15.5 Å². The summed E-state index contributed by atoms with van der Waals surface area (Å²) in [5.41, 5.74) is 2.41. The molecule has 0 saturated heterocycles. The summed E-state index contributed by atoms with van der Waals surface area (Å²) in [5.74, 6) is -1.78. The number of aromatic amines is 1. The molecule has 0 aliphatic rings. The van der Waals surface area contributed by atoms with Crippen molar-refractivity contribution < 1.29 is 19.3 Å². The average Bonchev–Trinajstić information content (AvgIpc) is 3.08. The number of carboxylic acids is 1. The average molecular weight is 384 g/mol. The lowest BCUT2D eigenvalue weighted by molar-refractivity contribution is -0.659. The van der Waals surface area contributed by atoms with E-state index in [-0.39, 0.29) is 17.6 Å². The highest BCUT2D eigenvalue weighted by Crippen LogP contribution is 2.01. The van der Waals surface area contributed by atoms with Crippen molar-refractivity contribution in [3.8, 4) is 0 Å². The van der Waals surface area contributed by atoms with E-state index in [0.29, 0.717) is 11.2 Å². The molecule has 0 atom stereocenters. The zero-order chi connectivity index (χ0) is 20.4. The Bertz CT molecular complexity index is 1220. The first-order chi connectivity index (χ1) is 13.3. The van der Waals surface area contributed by atoms with Crippen LogP contribution >= 0.6 is 0 Å². The molecule has 0 saturated carbocycles. The van der Waals surface area contributed by atoms with Crippen molar-refractivity contribution in [1.29, 1.82) is 0 Å². The number of imidazole rings is 1. The molecular weight excluding hydrogens is 368 g/mol. The smallest absolute Gasteiger partial charge is 0.333 e. The number of hydrazone groups is 1. The van der Waals surface area contributed by atoms with Gasteiger partial charge in [-0.05, 0) is 11.1 Å². The van der Waals surface area contributed by atoms with Gasteiger partial charge in [0.1, 0.15) is 0 Å². The topological polar surface area (TPSA) is 145 Å². The van der Waals surface area contributed by atoms with Crippen LogP contribution in [0.15, 0.2) is 45.3 Å². The highest BCUT2D eigenvalue weighted by molar-refractivity contribution is 5.88. The summed E-state index contributed by atoms with van der Waals surface area (Å²) < 4.78 is 3.62. The number of hydrogen-bond acceptors (Lipinski definition) is 6. The third-order valence-corrected chi connectivity index (χ3v) is 4.15. The number of hydrogen-bond donors (Lipinski definition) is 2. The molecule has 0 spiro atoms. The third kappa shape index (κ3) is 3.45. The molecule has 0 unspecified atom stereocenters. The van der Waals surface area contributed by atoms with Gasteiger partial charge in [-0.15, -0.1) is 0 Å². The van der Waals surface area contributed by atoms with E-state index >= 15 is 0 Å². The summed E-state index contributed by atoms with van der Waals surface area (Å²) in [4.78, 5) is 49.9. The van der Waals surface area contributed by atoms with Gasteiger partial charge in [0, 0.05) is 14.1 Å². The van der Waals surface area contributed by atoms with Crippen LogP contribution in [-0.2, 0) is 25.4 Å². The van der Waals surface area contributed by atoms with Gasteiger partial charge in [-0.25, -0.2) is 19.8 Å². The maximum Gasteiger partial charge on any atom is 0.333 e. The van der Waals surface area contributed by atoms with E-state index in [4.69, 9.17) is 0 Å². The molecule has 0 radical (unpaired) electrons. The maximum absolute atomic E-state index is 12.3. The summed E-state index contributed by atoms with van der Waals surface area (Å²) in [7, 11) is 2.87. The van der Waals surface area contributed by atoms with E-state index in [1.807, 2.05) is 0 Å². The van der Waals surface area contributed by atoms with E-state index < -0.39 is 23.1 Å². The largest absolute Gasteiger partial charge is 0.545 e. The molecule has 0 aliphatic carbocycles. The van der Waals surface area contributed by atoms with Crippen LogP contribution in [0.3, 0.4) is 0 Å². The number of carbonyl (C=O) groups is 2. The zero-order valence-corrected chi connectivity index (χ0v) is 15.0. The highest BCUT2D eigenvalue weighted by Gasteiger charge is 2.21. The number of aromatic carboxylic acids is 1. The minimum Gasteiger partial charge on any atom is -0.545 e. The predicted octanol–water partition coefficient (Wildman–Crippen LogP) is -2.63. The van der Waals surface area contributed by atoms with Crippen LogP contribution in [0.4, 0.5) is 0 Å². The number of rotatable bonds is 5. The predicted molar refractivity (Wildman–Crippen MR) is 95.5 cm³/mol. The lowest BCUT2D eigenvalue weighted by Crippen LogP contribution is -2.46. The molecule has 1 amide bonds. The first-order valence-corrected chi connectivity index (χ1v) is 8.09. The Morgan fingerprint density at radius 3 is 2.54 bits per heavy atom. The van der Waals surface area contributed by atoms with Crippen LogP contribution in [0.1, 0.15) is 15.9 Å². The van der Waals surface area contributed by atoms with Gasteiger partial charge < -0.3 is 9.90 Å². The van der Waals surface area contributed by atoms with Crippen molar-refractivity contribution in [3.05, 3.63) is 62.6 Å². The fourth-order valence-corrected chi connectivity index (χ4v) is 2.65. The van der Waals surface area contributed by atoms with Gasteiger partial charge in [0.15, 0.2) is 6.54 Å². The number of H-pyrrole nitrogens is 1. The Kier molecular flexibility index (Phi) is 4.90. The molecule has 1 aromatic carbocycles. The van der Waals surface area contributed by atoms with Crippen molar-refractivity contribution in [3.63, 3.8) is 0 Å². The van der Waals surface area contributed by atoms with Gasteiger partial charge in [0.2, 0.25) is 6.33 Å². The van der Waals surface area contributed by atoms with Crippen LogP contribution in [0.5, 0.6) is 0 Å². The number of aromatic nitrogens is 4. The van der Waals surface area contributed by atoms with Crippen molar-refractivity contribution >= 4 is 29.3 Å². The number of amides is 1. The Morgan fingerprint density at radius 1 is 1.21 bits per heavy atom. The van der Waals surface area contributed by atoms with E-state index in [1.165, 1.54) is 60.0 Å². The van der Waals surface area contributed by atoms with Crippen molar-refractivity contribution in [2.24, 2.45) is 19.2 Å². The van der Waals surface area contributed by atoms with Crippen molar-refractivity contribution in [2.45, 2.75) is 6.54 Å². The minimum atomic E-state index is -1.28. The number of nitrogens with zero attached hydrogens (tertiary/aromatic N) is 4. The first-order valence-electron chi connectivity index (χ1n) is 8.09.